The van der Waals surface area contributed by atoms with E-state index in [9.17, 15) is 55.2 Å². The lowest BCUT2D eigenvalue weighted by molar-refractivity contribution is -0.271. The van der Waals surface area contributed by atoms with Gasteiger partial charge in [0.25, 0.3) is 0 Å². The number of rotatable bonds is 13. The molecule has 3 saturated heterocycles. The summed E-state index contributed by atoms with van der Waals surface area (Å²) in [5.41, 5.74) is 0.775. The third-order valence-corrected chi connectivity index (χ3v) is 11.2. The van der Waals surface area contributed by atoms with Gasteiger partial charge in [0.1, 0.15) is 60.4 Å². The highest BCUT2D eigenvalue weighted by molar-refractivity contribution is 7.22. The van der Waals surface area contributed by atoms with E-state index in [1.54, 1.807) is 12.1 Å². The molecule has 18 heteroatoms. The quantitative estimate of drug-likeness (QED) is 0.0881. The molecule has 8 N–H and O–H groups in total. The molecule has 4 aromatic rings. The first kappa shape index (κ1) is 36.4. The minimum absolute atomic E-state index is 0.0288. The molecular formula is C40H43NO16S. The van der Waals surface area contributed by atoms with Crippen LogP contribution in [0, 0.1) is 0 Å². The number of piperidine rings is 1. The number of aliphatic carboxylic acids is 2. The molecule has 0 spiro atoms. The normalized spacial score (nSPS) is 30.7. The number of ether oxygens (including phenoxy) is 5. The topological polar surface area (TPSA) is 262 Å². The van der Waals surface area contributed by atoms with Crippen LogP contribution in [0.4, 0.5) is 0 Å². The van der Waals surface area contributed by atoms with Gasteiger partial charge >= 0.3 is 11.9 Å². The van der Waals surface area contributed by atoms with E-state index in [-0.39, 0.29) is 28.4 Å². The van der Waals surface area contributed by atoms with Crippen molar-refractivity contribution in [2.45, 2.75) is 80.7 Å². The summed E-state index contributed by atoms with van der Waals surface area (Å²) in [6.45, 7) is -4.46. The predicted octanol–water partition coefficient (Wildman–Crippen LogP) is 1.21. The molecule has 10 atom stereocenters. The average molecular weight is 830 g/mol. The van der Waals surface area contributed by atoms with Gasteiger partial charge in [0.15, 0.2) is 18.0 Å². The number of likely N-dealkylation sites (tertiary alicyclic amines) is 1. The Hall–Kier alpha value is -4.73. The van der Waals surface area contributed by atoms with Crippen molar-refractivity contribution in [1.82, 2.24) is 4.90 Å². The molecule has 0 aliphatic carbocycles. The molecule has 310 valence electrons. The summed E-state index contributed by atoms with van der Waals surface area (Å²) >= 11 is 1.12. The Balaban J connectivity index is 1.19. The van der Waals surface area contributed by atoms with Gasteiger partial charge < -0.3 is 64.5 Å². The monoisotopic (exact) mass is 829 g/mol. The zero-order valence-electron chi connectivity index (χ0n) is 34.4. The van der Waals surface area contributed by atoms with Crippen LogP contribution in [0.15, 0.2) is 66.7 Å². The number of carboxylic acid groups (broad SMARTS) is 2. The van der Waals surface area contributed by atoms with E-state index in [0.717, 1.165) is 30.6 Å². The Kier molecular flexibility index (Phi) is 11.1. The molecular weight excluding hydrogens is 782 g/mol. The lowest BCUT2D eigenvalue weighted by Gasteiger charge is -2.38. The maximum Gasteiger partial charge on any atom is 0.335 e. The largest absolute Gasteiger partial charge is 0.492 e. The van der Waals surface area contributed by atoms with Gasteiger partial charge in [-0.15, -0.1) is 11.3 Å². The van der Waals surface area contributed by atoms with Gasteiger partial charge in [-0.25, -0.2) is 9.59 Å². The number of carbonyl (C=O) groups is 3. The van der Waals surface area contributed by atoms with E-state index in [1.165, 1.54) is 59.5 Å². The first-order valence-corrected chi connectivity index (χ1v) is 19.0. The molecule has 58 heavy (non-hydrogen) atoms. The number of thiophene rings is 1. The van der Waals surface area contributed by atoms with Crippen LogP contribution in [0.1, 0.15) is 40.7 Å². The van der Waals surface area contributed by atoms with Crippen molar-refractivity contribution in [1.29, 1.82) is 0 Å². The number of carboxylic acids is 2. The van der Waals surface area contributed by atoms with E-state index < -0.39 is 92.2 Å². The van der Waals surface area contributed by atoms with Gasteiger partial charge in [-0.05, 0) is 98.2 Å². The number of benzene rings is 3. The van der Waals surface area contributed by atoms with Gasteiger partial charge in [0, 0.05) is 35.3 Å². The van der Waals surface area contributed by atoms with E-state index >= 15 is 0 Å². The van der Waals surface area contributed by atoms with E-state index in [0.29, 0.717) is 33.6 Å². The summed E-state index contributed by atoms with van der Waals surface area (Å²) in [5.74, 6) is -3.65. The molecule has 4 heterocycles. The minimum Gasteiger partial charge on any atom is -0.492 e. The highest BCUT2D eigenvalue weighted by Gasteiger charge is 2.49. The van der Waals surface area contributed by atoms with Crippen molar-refractivity contribution in [3.05, 3.63) is 77.9 Å². The number of hydrogen-bond acceptors (Lipinski definition) is 16. The maximum absolute atomic E-state index is 14.5. The summed E-state index contributed by atoms with van der Waals surface area (Å²) in [4.78, 5) is 39.5. The first-order chi connectivity index (χ1) is 29.3. The molecule has 17 nitrogen and oxygen atoms in total. The molecule has 3 aromatic carbocycles. The Labute approximate surface area is 340 Å². The zero-order valence-corrected chi connectivity index (χ0v) is 31.2. The molecule has 0 radical (unpaired) electrons. The SMILES string of the molecule is [2H]C([2H])(Oc1ccc(C(=O)c2c(-c3ccc(O[C@@H]4O[C@H](C(=O)O)[C@@H](O)[C@H](O)[C@H]4O)cc3)sc3cc(O[C@@H]4O[C@H](C(=O)O)[C@@H](O)[C@H](O)[C@H]4O)ccc23)cc1)C([2H])([2H])N1CCCCC1. The van der Waals surface area contributed by atoms with Gasteiger partial charge in [-0.2, -0.15) is 0 Å². The Morgan fingerprint density at radius 2 is 1.22 bits per heavy atom. The molecule has 0 unspecified atom stereocenters. The highest BCUT2D eigenvalue weighted by Crippen LogP contribution is 2.42. The highest BCUT2D eigenvalue weighted by atomic mass is 32.1. The smallest absolute Gasteiger partial charge is 0.335 e. The summed E-state index contributed by atoms with van der Waals surface area (Å²) in [7, 11) is 0. The number of carbonyl (C=O) groups excluding carboxylic acids is 1. The van der Waals surface area contributed by atoms with Crippen LogP contribution < -0.4 is 14.2 Å². The first-order valence-electron chi connectivity index (χ1n) is 20.2. The lowest BCUT2D eigenvalue weighted by atomic mass is 9.97. The van der Waals surface area contributed by atoms with Crippen molar-refractivity contribution in [2.75, 3.05) is 26.1 Å². The third-order valence-electron chi connectivity index (χ3n) is 9.98. The summed E-state index contributed by atoms with van der Waals surface area (Å²) in [6, 6.07) is 15.9. The van der Waals surface area contributed by atoms with Crippen LogP contribution in [0.2, 0.25) is 0 Å². The number of fused-ring (bicyclic) bond motifs is 1. The molecule has 0 saturated carbocycles. The number of nitrogens with zero attached hydrogens (tertiary/aromatic N) is 1. The van der Waals surface area contributed by atoms with Crippen LogP contribution in [-0.2, 0) is 19.1 Å². The number of ketones is 1. The summed E-state index contributed by atoms with van der Waals surface area (Å²) in [6.07, 6.45) is -16.2. The van der Waals surface area contributed by atoms with Crippen molar-refractivity contribution in [3.63, 3.8) is 0 Å². The molecule has 3 fully saturated rings. The predicted molar refractivity (Wildman–Crippen MR) is 203 cm³/mol. The van der Waals surface area contributed by atoms with Crippen molar-refractivity contribution in [3.8, 4) is 27.7 Å². The van der Waals surface area contributed by atoms with E-state index in [1.807, 2.05) is 0 Å². The Morgan fingerprint density at radius 3 is 1.79 bits per heavy atom. The Morgan fingerprint density at radius 1 is 0.690 bits per heavy atom. The molecule has 0 bridgehead atoms. The molecule has 3 aliphatic heterocycles. The van der Waals surface area contributed by atoms with Gasteiger partial charge in [-0.1, -0.05) is 6.42 Å². The molecule has 1 aromatic heterocycles. The number of aliphatic hydroxyl groups is 6. The second-order valence-electron chi connectivity index (χ2n) is 13.9. The fourth-order valence-electron chi connectivity index (χ4n) is 6.80. The summed E-state index contributed by atoms with van der Waals surface area (Å²) in [5, 5.41) is 80.9. The van der Waals surface area contributed by atoms with Crippen molar-refractivity contribution >= 4 is 39.1 Å². The Bertz CT molecular complexity index is 2270. The number of hydrogen-bond donors (Lipinski definition) is 8. The third kappa shape index (κ3) is 8.67. The number of aliphatic hydroxyl groups excluding tert-OH is 6. The van der Waals surface area contributed by atoms with Gasteiger partial charge in [-0.3, -0.25) is 9.69 Å². The molecule has 7 rings (SSSR count). The molecule has 0 amide bonds. The standard InChI is InChI=1S/C40H43NO16S/c42-27(19-4-8-21(9-5-19)53-17-16-41-14-2-1-3-15-41)26-24-13-12-23(55-40-33(48)29(44)31(46)35(57-40)38(51)52)18-25(24)58-36(26)20-6-10-22(11-7-20)54-39-32(47)28(43)30(45)34(56-39)37(49)50/h4-13,18,28-35,39-40,43-48H,1-3,14-17H2,(H,49,50)(H,51,52)/t28-,29-,30-,31-,32+,33+,34-,35-,39+,40+/m0/s1/i16D2,17D2. The van der Waals surface area contributed by atoms with Crippen LogP contribution in [0.5, 0.6) is 17.2 Å². The lowest BCUT2D eigenvalue weighted by Crippen LogP contribution is -2.61. The van der Waals surface area contributed by atoms with Crippen LogP contribution in [0.3, 0.4) is 0 Å². The van der Waals surface area contributed by atoms with E-state index in [4.69, 9.17) is 29.2 Å². The second-order valence-corrected chi connectivity index (χ2v) is 15.0. The van der Waals surface area contributed by atoms with Crippen LogP contribution in [-0.4, -0.2) is 151 Å². The summed E-state index contributed by atoms with van der Waals surface area (Å²) < 4.78 is 61.8. The zero-order chi connectivity index (χ0) is 44.8. The second kappa shape index (κ2) is 17.6. The van der Waals surface area contributed by atoms with Gasteiger partial charge in [0.2, 0.25) is 12.6 Å². The molecule has 3 aliphatic rings. The van der Waals surface area contributed by atoms with Crippen LogP contribution >= 0.6 is 11.3 Å². The van der Waals surface area contributed by atoms with E-state index in [2.05, 4.69) is 0 Å². The van der Waals surface area contributed by atoms with Crippen molar-refractivity contribution in [2.24, 2.45) is 0 Å². The average Bonchev–Trinajstić information content (AvgIpc) is 3.63. The fraction of sp³-hybridized carbons (Fsp3) is 0.425. The maximum atomic E-state index is 14.5. The fourth-order valence-corrected chi connectivity index (χ4v) is 8.04. The minimum atomic E-state index is -2.76. The van der Waals surface area contributed by atoms with Crippen molar-refractivity contribution < 1.29 is 84.4 Å². The van der Waals surface area contributed by atoms with Gasteiger partial charge in [0.05, 0.1) is 2.74 Å². The van der Waals surface area contributed by atoms with Crippen LogP contribution in [0.25, 0.3) is 20.5 Å².